The Kier molecular flexibility index (Phi) is 5.24. The maximum Gasteiger partial charge on any atom is 0.157 e. The van der Waals surface area contributed by atoms with E-state index < -0.39 is 0 Å². The van der Waals surface area contributed by atoms with Gasteiger partial charge in [-0.1, -0.05) is 27.8 Å². The van der Waals surface area contributed by atoms with Crippen LogP contribution in [0.4, 0.5) is 0 Å². The van der Waals surface area contributed by atoms with Crippen molar-refractivity contribution in [3.63, 3.8) is 0 Å². The van der Waals surface area contributed by atoms with Crippen LogP contribution in [-0.2, 0) is 9.47 Å². The second-order valence-corrected chi connectivity index (χ2v) is 7.97. The maximum absolute atomic E-state index is 5.84. The second kappa shape index (κ2) is 7.58. The van der Waals surface area contributed by atoms with E-state index in [0.29, 0.717) is 5.92 Å². The molecule has 1 unspecified atom stereocenters. The number of hydrogen-bond acceptors (Lipinski definition) is 3. The van der Waals surface area contributed by atoms with Gasteiger partial charge in [0.1, 0.15) is 0 Å². The highest BCUT2D eigenvalue weighted by atomic mass is 79.9. The summed E-state index contributed by atoms with van der Waals surface area (Å²) in [7, 11) is 0. The highest BCUT2D eigenvalue weighted by Gasteiger charge is 2.54. The monoisotopic (exact) mass is 389 g/mol. The predicted molar refractivity (Wildman–Crippen MR) is 97.5 cm³/mol. The molecule has 3 aliphatic rings. The number of halogens is 1. The lowest BCUT2D eigenvalue weighted by Gasteiger charge is -2.24. The normalized spacial score (nSPS) is 32.0. The van der Waals surface area contributed by atoms with Gasteiger partial charge < -0.3 is 14.4 Å². The van der Waals surface area contributed by atoms with Gasteiger partial charge >= 0.3 is 0 Å². The van der Waals surface area contributed by atoms with Crippen molar-refractivity contribution in [3.05, 3.63) is 34.3 Å². The Bertz CT molecular complexity index is 603. The second-order valence-electron chi connectivity index (χ2n) is 7.06. The summed E-state index contributed by atoms with van der Waals surface area (Å²) in [5.41, 5.74) is 1.11. The molecular weight excluding hydrogens is 366 g/mol. The molecule has 2 heterocycles. The van der Waals surface area contributed by atoms with Crippen molar-refractivity contribution in [3.8, 4) is 11.8 Å². The lowest BCUT2D eigenvalue weighted by atomic mass is 10.2. The van der Waals surface area contributed by atoms with E-state index in [0.717, 1.165) is 48.1 Å². The molecule has 1 aromatic rings. The smallest absolute Gasteiger partial charge is 0.157 e. The van der Waals surface area contributed by atoms with Gasteiger partial charge in [0, 0.05) is 42.2 Å². The Morgan fingerprint density at radius 2 is 1.96 bits per heavy atom. The number of nitrogens with zero attached hydrogens (tertiary/aromatic N) is 1. The summed E-state index contributed by atoms with van der Waals surface area (Å²) >= 11 is 3.46. The number of ether oxygens (including phenoxy) is 2. The zero-order chi connectivity index (χ0) is 16.4. The van der Waals surface area contributed by atoms with E-state index >= 15 is 0 Å². The number of fused-ring (bicyclic) bond motifs is 1. The summed E-state index contributed by atoms with van der Waals surface area (Å²) in [6.45, 7) is 5.04. The third-order valence-electron chi connectivity index (χ3n) is 5.35. The van der Waals surface area contributed by atoms with E-state index in [1.54, 1.807) is 0 Å². The molecule has 24 heavy (non-hydrogen) atoms. The van der Waals surface area contributed by atoms with Crippen LogP contribution >= 0.6 is 15.9 Å². The molecule has 3 fully saturated rings. The van der Waals surface area contributed by atoms with E-state index in [4.69, 9.17) is 9.47 Å². The molecule has 4 heteroatoms. The molecule has 4 atom stereocenters. The van der Waals surface area contributed by atoms with Crippen molar-refractivity contribution in [1.29, 1.82) is 0 Å². The molecule has 3 nitrogen and oxygen atoms in total. The Labute approximate surface area is 152 Å². The van der Waals surface area contributed by atoms with Gasteiger partial charge in [-0.3, -0.25) is 0 Å². The number of piperidine rings is 1. The van der Waals surface area contributed by atoms with Gasteiger partial charge in [0.2, 0.25) is 0 Å². The molecule has 0 spiro atoms. The molecule has 128 valence electrons. The largest absolute Gasteiger partial charge is 0.353 e. The van der Waals surface area contributed by atoms with Gasteiger partial charge in [0.15, 0.2) is 6.29 Å². The summed E-state index contributed by atoms with van der Waals surface area (Å²) in [5.74, 6) is 8.97. The van der Waals surface area contributed by atoms with Crippen LogP contribution in [0.1, 0.15) is 24.8 Å². The predicted octanol–water partition coefficient (Wildman–Crippen LogP) is 3.52. The van der Waals surface area contributed by atoms with Crippen LogP contribution in [0.25, 0.3) is 0 Å². The molecule has 1 aliphatic carbocycles. The first-order chi connectivity index (χ1) is 11.8. The van der Waals surface area contributed by atoms with Gasteiger partial charge in [-0.2, -0.15) is 0 Å². The van der Waals surface area contributed by atoms with E-state index in [1.165, 1.54) is 25.9 Å². The molecular formula is C20H24BrNO2. The summed E-state index contributed by atoms with van der Waals surface area (Å²) < 4.78 is 12.6. The van der Waals surface area contributed by atoms with E-state index in [1.807, 2.05) is 0 Å². The van der Waals surface area contributed by atoms with Crippen molar-refractivity contribution < 1.29 is 9.47 Å². The first-order valence-electron chi connectivity index (χ1n) is 9.02. The highest BCUT2D eigenvalue weighted by Crippen LogP contribution is 2.51. The van der Waals surface area contributed by atoms with E-state index in [-0.39, 0.29) is 6.29 Å². The van der Waals surface area contributed by atoms with Gasteiger partial charge in [0.25, 0.3) is 0 Å². The van der Waals surface area contributed by atoms with Crippen LogP contribution in [0.15, 0.2) is 28.7 Å². The third-order valence-corrected chi connectivity index (χ3v) is 5.87. The highest BCUT2D eigenvalue weighted by molar-refractivity contribution is 9.10. The van der Waals surface area contributed by atoms with Crippen molar-refractivity contribution in [2.45, 2.75) is 25.6 Å². The molecule has 2 saturated heterocycles. The first-order valence-corrected chi connectivity index (χ1v) is 9.81. The number of likely N-dealkylation sites (tertiary alicyclic amines) is 1. The Morgan fingerprint density at radius 1 is 1.17 bits per heavy atom. The fourth-order valence-corrected chi connectivity index (χ4v) is 4.13. The van der Waals surface area contributed by atoms with E-state index in [2.05, 4.69) is 56.9 Å². The fourth-order valence-electron chi connectivity index (χ4n) is 3.87. The van der Waals surface area contributed by atoms with Crippen LogP contribution in [-0.4, -0.2) is 44.0 Å². The minimum absolute atomic E-state index is 0.0420. The first kappa shape index (κ1) is 16.6. The summed E-state index contributed by atoms with van der Waals surface area (Å²) in [6.07, 6.45) is 3.51. The number of benzene rings is 1. The topological polar surface area (TPSA) is 21.7 Å². The summed E-state index contributed by atoms with van der Waals surface area (Å²) in [6, 6.07) is 8.25. The lowest BCUT2D eigenvalue weighted by Crippen LogP contribution is -2.31. The lowest BCUT2D eigenvalue weighted by molar-refractivity contribution is -0.164. The average Bonchev–Trinajstić information content (AvgIpc) is 3.07. The molecule has 0 bridgehead atoms. The molecule has 0 aromatic heterocycles. The zero-order valence-electron chi connectivity index (χ0n) is 13.9. The SMILES string of the molecule is Brc1ccc(C#C[C@@H]2[C@H]3CN(CCOC4CCCCO4)C[C@@H]23)cc1. The van der Waals surface area contributed by atoms with Gasteiger partial charge in [0.05, 0.1) is 6.61 Å². The van der Waals surface area contributed by atoms with Crippen LogP contribution < -0.4 is 0 Å². The minimum Gasteiger partial charge on any atom is -0.353 e. The standard InChI is InChI=1S/C20H24BrNO2/c21-16-7-4-15(5-8-16)6-9-17-18-13-22(14-19(17)18)10-12-24-20-3-1-2-11-23-20/h4-5,7-8,17-20H,1-3,10-14H2/t17-,18-,19+,20?. The van der Waals surface area contributed by atoms with E-state index in [9.17, 15) is 0 Å². The van der Waals surface area contributed by atoms with Crippen LogP contribution in [0.2, 0.25) is 0 Å². The molecule has 4 rings (SSSR count). The van der Waals surface area contributed by atoms with Crippen LogP contribution in [0, 0.1) is 29.6 Å². The fraction of sp³-hybridized carbons (Fsp3) is 0.600. The molecule has 1 saturated carbocycles. The number of hydrogen-bond donors (Lipinski definition) is 0. The van der Waals surface area contributed by atoms with Gasteiger partial charge in [-0.15, -0.1) is 0 Å². The Balaban J connectivity index is 1.17. The summed E-state index contributed by atoms with van der Waals surface area (Å²) in [5, 5.41) is 0. The average molecular weight is 390 g/mol. The van der Waals surface area contributed by atoms with Crippen molar-refractivity contribution >= 4 is 15.9 Å². The Hall–Kier alpha value is -0.860. The quantitative estimate of drug-likeness (QED) is 0.735. The maximum atomic E-state index is 5.84. The molecule has 1 aromatic carbocycles. The van der Waals surface area contributed by atoms with Crippen molar-refractivity contribution in [2.24, 2.45) is 17.8 Å². The zero-order valence-corrected chi connectivity index (χ0v) is 15.5. The van der Waals surface area contributed by atoms with Gasteiger partial charge in [-0.25, -0.2) is 0 Å². The van der Waals surface area contributed by atoms with Gasteiger partial charge in [-0.05, 0) is 55.4 Å². The molecule has 2 aliphatic heterocycles. The minimum atomic E-state index is 0.0420. The third kappa shape index (κ3) is 4.03. The van der Waals surface area contributed by atoms with Crippen LogP contribution in [0.5, 0.6) is 0 Å². The van der Waals surface area contributed by atoms with Crippen molar-refractivity contribution in [2.75, 3.05) is 32.8 Å². The van der Waals surface area contributed by atoms with Crippen LogP contribution in [0.3, 0.4) is 0 Å². The molecule has 0 radical (unpaired) electrons. The molecule has 0 amide bonds. The van der Waals surface area contributed by atoms with Crippen molar-refractivity contribution in [1.82, 2.24) is 4.90 Å². The Morgan fingerprint density at radius 3 is 2.67 bits per heavy atom. The summed E-state index contributed by atoms with van der Waals surface area (Å²) in [4.78, 5) is 2.52. The molecule has 0 N–H and O–H groups in total. The number of rotatable bonds is 4.